The Morgan fingerprint density at radius 3 is 2.43 bits per heavy atom. The first-order valence-electron chi connectivity index (χ1n) is 7.15. The number of aliphatic carboxylic acids is 1. The number of aryl methyl sites for hydroxylation is 1. The van der Waals surface area contributed by atoms with E-state index in [0.717, 1.165) is 29.0 Å². The number of carbonyl (C=O) groups is 1. The maximum atomic E-state index is 10.7. The Hall–Kier alpha value is -2.04. The van der Waals surface area contributed by atoms with E-state index in [4.69, 9.17) is 23.2 Å². The van der Waals surface area contributed by atoms with Crippen LogP contribution in [-0.4, -0.2) is 15.5 Å². The van der Waals surface area contributed by atoms with Crippen LogP contribution in [0.2, 0.25) is 10.0 Å². The van der Waals surface area contributed by atoms with E-state index >= 15 is 0 Å². The predicted molar refractivity (Wildman–Crippen MR) is 89.2 cm³/mol. The summed E-state index contributed by atoms with van der Waals surface area (Å²) in [6.07, 6.45) is 0.637. The van der Waals surface area contributed by atoms with E-state index in [1.165, 1.54) is 0 Å². The van der Waals surface area contributed by atoms with E-state index in [2.05, 4.69) is 4.98 Å². The molecule has 0 bridgehead atoms. The van der Waals surface area contributed by atoms with Crippen molar-refractivity contribution in [2.24, 2.45) is 0 Å². The first-order chi connectivity index (χ1) is 11.0. The summed E-state index contributed by atoms with van der Waals surface area (Å²) < 4.78 is 2.00. The van der Waals surface area contributed by atoms with Gasteiger partial charge in [-0.1, -0.05) is 42.3 Å². The van der Waals surface area contributed by atoms with E-state index in [0.29, 0.717) is 15.6 Å². The number of halogens is 2. The van der Waals surface area contributed by atoms with Gasteiger partial charge >= 0.3 is 0 Å². The maximum absolute atomic E-state index is 10.7. The second-order valence-corrected chi connectivity index (χ2v) is 6.00. The Kier molecular flexibility index (Phi) is 4.28. The highest BCUT2D eigenvalue weighted by Crippen LogP contribution is 2.30. The minimum Gasteiger partial charge on any atom is -0.550 e. The van der Waals surface area contributed by atoms with Gasteiger partial charge in [-0.25, -0.2) is 4.98 Å². The van der Waals surface area contributed by atoms with Crippen molar-refractivity contribution in [1.29, 1.82) is 0 Å². The molecule has 0 saturated carbocycles. The topological polar surface area (TPSA) is 58.0 Å². The number of hydrogen-bond acceptors (Lipinski definition) is 3. The zero-order valence-electron chi connectivity index (χ0n) is 12.3. The van der Waals surface area contributed by atoms with Crippen molar-refractivity contribution in [1.82, 2.24) is 9.55 Å². The lowest BCUT2D eigenvalue weighted by Crippen LogP contribution is -2.24. The van der Waals surface area contributed by atoms with E-state index in [9.17, 15) is 9.90 Å². The Bertz CT molecular complexity index is 886. The maximum Gasteiger partial charge on any atom is 0.114 e. The van der Waals surface area contributed by atoms with Gasteiger partial charge in [0.1, 0.15) is 5.82 Å². The average Bonchev–Trinajstić information content (AvgIpc) is 2.85. The third-order valence-electron chi connectivity index (χ3n) is 3.63. The number of benzene rings is 2. The summed E-state index contributed by atoms with van der Waals surface area (Å²) in [6.45, 7) is 2.02. The standard InChI is InChI=1S/C17H14Cl2N2O2/c1-2-16-20-14-8-12(18)13(19)9-15(14)21(16)11-5-3-10(4-6-11)7-17(22)23/h3-6,8-9H,2,7H2,1H3,(H,22,23)/p-1. The van der Waals surface area contributed by atoms with Gasteiger partial charge in [0, 0.05) is 24.5 Å². The minimum absolute atomic E-state index is 0.104. The van der Waals surface area contributed by atoms with E-state index in [1.54, 1.807) is 24.3 Å². The molecule has 1 heterocycles. The summed E-state index contributed by atoms with van der Waals surface area (Å²) in [6, 6.07) is 10.8. The molecule has 0 fully saturated rings. The molecule has 118 valence electrons. The number of carboxylic acids is 1. The second-order valence-electron chi connectivity index (χ2n) is 5.19. The summed E-state index contributed by atoms with van der Waals surface area (Å²) in [7, 11) is 0. The third-order valence-corrected chi connectivity index (χ3v) is 4.35. The number of imidazole rings is 1. The molecule has 0 aliphatic carbocycles. The first-order valence-corrected chi connectivity index (χ1v) is 7.90. The lowest BCUT2D eigenvalue weighted by molar-refractivity contribution is -0.304. The molecule has 3 aromatic rings. The highest BCUT2D eigenvalue weighted by atomic mass is 35.5. The predicted octanol–water partition coefficient (Wildman–Crippen LogP) is 3.19. The van der Waals surface area contributed by atoms with Crippen molar-refractivity contribution >= 4 is 40.2 Å². The van der Waals surface area contributed by atoms with Gasteiger partial charge in [0.15, 0.2) is 0 Å². The van der Waals surface area contributed by atoms with Crippen LogP contribution >= 0.6 is 23.2 Å². The quantitative estimate of drug-likeness (QED) is 0.728. The van der Waals surface area contributed by atoms with Gasteiger partial charge in [-0.15, -0.1) is 0 Å². The average molecular weight is 348 g/mol. The monoisotopic (exact) mass is 347 g/mol. The van der Waals surface area contributed by atoms with Crippen LogP contribution in [0.5, 0.6) is 0 Å². The smallest absolute Gasteiger partial charge is 0.114 e. The SMILES string of the molecule is CCc1nc2cc(Cl)c(Cl)cc2n1-c1ccc(CC(=O)[O-])cc1. The van der Waals surface area contributed by atoms with Crippen LogP contribution in [-0.2, 0) is 17.6 Å². The van der Waals surface area contributed by atoms with Crippen LogP contribution in [0, 0.1) is 0 Å². The highest BCUT2D eigenvalue weighted by molar-refractivity contribution is 6.42. The number of carbonyl (C=O) groups excluding carboxylic acids is 1. The summed E-state index contributed by atoms with van der Waals surface area (Å²) in [5.41, 5.74) is 3.22. The summed E-state index contributed by atoms with van der Waals surface area (Å²) >= 11 is 12.2. The molecule has 0 unspecified atom stereocenters. The van der Waals surface area contributed by atoms with Crippen molar-refractivity contribution in [3.63, 3.8) is 0 Å². The van der Waals surface area contributed by atoms with Crippen LogP contribution < -0.4 is 5.11 Å². The second kappa shape index (κ2) is 6.22. The van der Waals surface area contributed by atoms with Gasteiger partial charge in [-0.3, -0.25) is 4.57 Å². The molecule has 1 aromatic heterocycles. The molecule has 23 heavy (non-hydrogen) atoms. The van der Waals surface area contributed by atoms with E-state index < -0.39 is 5.97 Å². The third kappa shape index (κ3) is 3.05. The number of nitrogens with zero attached hydrogens (tertiary/aromatic N) is 2. The van der Waals surface area contributed by atoms with Gasteiger partial charge in [-0.2, -0.15) is 0 Å². The largest absolute Gasteiger partial charge is 0.550 e. The van der Waals surface area contributed by atoms with Gasteiger partial charge in [-0.05, 0) is 29.8 Å². The van der Waals surface area contributed by atoms with Gasteiger partial charge < -0.3 is 9.90 Å². The Morgan fingerprint density at radius 2 is 1.83 bits per heavy atom. The number of carboxylic acid groups (broad SMARTS) is 1. The molecule has 0 aliphatic heterocycles. The molecule has 0 radical (unpaired) electrons. The molecular formula is C17H13Cl2N2O2-. The Labute approximate surface area is 143 Å². The van der Waals surface area contributed by atoms with Gasteiger partial charge in [0.2, 0.25) is 0 Å². The zero-order chi connectivity index (χ0) is 16.6. The lowest BCUT2D eigenvalue weighted by Gasteiger charge is -2.10. The normalized spacial score (nSPS) is 11.1. The zero-order valence-corrected chi connectivity index (χ0v) is 13.9. The van der Waals surface area contributed by atoms with Crippen LogP contribution in [0.4, 0.5) is 0 Å². The first kappa shape index (κ1) is 15.8. The van der Waals surface area contributed by atoms with Crippen molar-refractivity contribution in [2.45, 2.75) is 19.8 Å². The number of hydrogen-bond donors (Lipinski definition) is 0. The minimum atomic E-state index is -1.10. The molecular weight excluding hydrogens is 335 g/mol. The van der Waals surface area contributed by atoms with Gasteiger partial charge in [0.25, 0.3) is 0 Å². The van der Waals surface area contributed by atoms with Crippen LogP contribution in [0.25, 0.3) is 16.7 Å². The van der Waals surface area contributed by atoms with E-state index in [-0.39, 0.29) is 6.42 Å². The van der Waals surface area contributed by atoms with Gasteiger partial charge in [0.05, 0.1) is 21.1 Å². The van der Waals surface area contributed by atoms with Crippen LogP contribution in [0.15, 0.2) is 36.4 Å². The Morgan fingerprint density at radius 1 is 1.17 bits per heavy atom. The molecule has 4 nitrogen and oxygen atoms in total. The molecule has 0 aliphatic rings. The molecule has 0 saturated heterocycles. The van der Waals surface area contributed by atoms with Crippen molar-refractivity contribution in [3.05, 3.63) is 57.8 Å². The number of fused-ring (bicyclic) bond motifs is 1. The summed E-state index contributed by atoms with van der Waals surface area (Å²) in [5, 5.41) is 11.6. The Balaban J connectivity index is 2.14. The van der Waals surface area contributed by atoms with E-state index in [1.807, 2.05) is 23.6 Å². The highest BCUT2D eigenvalue weighted by Gasteiger charge is 2.13. The molecule has 0 amide bonds. The summed E-state index contributed by atoms with van der Waals surface area (Å²) in [4.78, 5) is 15.3. The fourth-order valence-electron chi connectivity index (χ4n) is 2.58. The van der Waals surface area contributed by atoms with Crippen molar-refractivity contribution in [3.8, 4) is 5.69 Å². The number of rotatable bonds is 4. The van der Waals surface area contributed by atoms with Crippen molar-refractivity contribution in [2.75, 3.05) is 0 Å². The molecule has 3 rings (SSSR count). The molecule has 0 spiro atoms. The molecule has 0 atom stereocenters. The van der Waals surface area contributed by atoms with Crippen LogP contribution in [0.3, 0.4) is 0 Å². The molecule has 6 heteroatoms. The molecule has 0 N–H and O–H groups in total. The fourth-order valence-corrected chi connectivity index (χ4v) is 2.89. The lowest BCUT2D eigenvalue weighted by atomic mass is 10.1. The van der Waals surface area contributed by atoms with Crippen molar-refractivity contribution < 1.29 is 9.90 Å². The molecule has 2 aromatic carbocycles. The number of aromatic nitrogens is 2. The van der Waals surface area contributed by atoms with Crippen LogP contribution in [0.1, 0.15) is 18.3 Å². The summed E-state index contributed by atoms with van der Waals surface area (Å²) in [5.74, 6) is -0.215. The fraction of sp³-hybridized carbons (Fsp3) is 0.176.